The number of benzene rings is 1. The smallest absolute Gasteiger partial charge is 0.315 e. The molecule has 0 spiro atoms. The number of hydrogen-bond donors (Lipinski definition) is 2. The van der Waals surface area contributed by atoms with Crippen molar-refractivity contribution in [1.82, 2.24) is 25.4 Å². The van der Waals surface area contributed by atoms with E-state index in [1.807, 2.05) is 44.4 Å². The fourth-order valence-corrected chi connectivity index (χ4v) is 2.82. The third-order valence-electron chi connectivity index (χ3n) is 4.58. The zero-order valence-electron chi connectivity index (χ0n) is 16.7. The molecule has 3 amide bonds. The number of nitrogens with one attached hydrogen (secondary N) is 2. The van der Waals surface area contributed by atoms with Crippen molar-refractivity contribution in [2.45, 2.75) is 19.5 Å². The SMILES string of the molecule is CC(NC(=O)NCc1ccc(N(C)C(=O)c2ccncc2)cc1)c1cnn(C)c1. The van der Waals surface area contributed by atoms with E-state index in [-0.39, 0.29) is 18.0 Å². The molecule has 0 fully saturated rings. The Morgan fingerprint density at radius 1 is 1.14 bits per heavy atom. The summed E-state index contributed by atoms with van der Waals surface area (Å²) >= 11 is 0. The Balaban J connectivity index is 1.52. The van der Waals surface area contributed by atoms with Gasteiger partial charge in [0.15, 0.2) is 0 Å². The van der Waals surface area contributed by atoms with Crippen LogP contribution in [-0.4, -0.2) is 33.8 Å². The molecule has 29 heavy (non-hydrogen) atoms. The maximum atomic E-state index is 12.5. The van der Waals surface area contributed by atoms with Crippen molar-refractivity contribution >= 4 is 17.6 Å². The number of aryl methyl sites for hydroxylation is 1. The number of carbonyl (C=O) groups excluding carboxylic acids is 2. The van der Waals surface area contributed by atoms with Crippen molar-refractivity contribution in [1.29, 1.82) is 0 Å². The normalized spacial score (nSPS) is 11.6. The van der Waals surface area contributed by atoms with Gasteiger partial charge in [-0.05, 0) is 36.8 Å². The summed E-state index contributed by atoms with van der Waals surface area (Å²) in [4.78, 5) is 30.1. The zero-order valence-corrected chi connectivity index (χ0v) is 16.7. The molecule has 2 N–H and O–H groups in total. The molecule has 0 saturated heterocycles. The lowest BCUT2D eigenvalue weighted by atomic mass is 10.1. The van der Waals surface area contributed by atoms with Crippen LogP contribution >= 0.6 is 0 Å². The third kappa shape index (κ3) is 5.19. The highest BCUT2D eigenvalue weighted by Crippen LogP contribution is 2.16. The number of amides is 3. The minimum Gasteiger partial charge on any atom is -0.334 e. The lowest BCUT2D eigenvalue weighted by Gasteiger charge is -2.18. The minimum atomic E-state index is -0.254. The fourth-order valence-electron chi connectivity index (χ4n) is 2.82. The van der Waals surface area contributed by atoms with Crippen LogP contribution in [0.15, 0.2) is 61.2 Å². The van der Waals surface area contributed by atoms with Gasteiger partial charge in [-0.25, -0.2) is 4.79 Å². The molecule has 2 aromatic heterocycles. The van der Waals surface area contributed by atoms with Gasteiger partial charge in [-0.2, -0.15) is 5.10 Å². The fraction of sp³-hybridized carbons (Fsp3) is 0.238. The largest absolute Gasteiger partial charge is 0.334 e. The molecule has 1 aromatic carbocycles. The zero-order chi connectivity index (χ0) is 20.8. The number of anilines is 1. The van der Waals surface area contributed by atoms with Gasteiger partial charge in [0, 0.05) is 56.0 Å². The lowest BCUT2D eigenvalue weighted by molar-refractivity contribution is 0.0993. The number of hydrogen-bond acceptors (Lipinski definition) is 4. The van der Waals surface area contributed by atoms with Gasteiger partial charge in [-0.15, -0.1) is 0 Å². The standard InChI is InChI=1S/C21H24N6O2/c1-15(18-13-24-26(2)14-18)25-21(29)23-12-16-4-6-19(7-5-16)27(3)20(28)17-8-10-22-11-9-17/h4-11,13-15H,12H2,1-3H3,(H2,23,25,29). The van der Waals surface area contributed by atoms with E-state index in [1.54, 1.807) is 47.4 Å². The van der Waals surface area contributed by atoms with Gasteiger partial charge >= 0.3 is 6.03 Å². The van der Waals surface area contributed by atoms with Gasteiger partial charge in [-0.3, -0.25) is 14.5 Å². The summed E-state index contributed by atoms with van der Waals surface area (Å²) in [6, 6.07) is 10.4. The first-order valence-corrected chi connectivity index (χ1v) is 9.24. The lowest BCUT2D eigenvalue weighted by Crippen LogP contribution is -2.36. The van der Waals surface area contributed by atoms with Crippen LogP contribution < -0.4 is 15.5 Å². The van der Waals surface area contributed by atoms with Crippen LogP contribution in [0.3, 0.4) is 0 Å². The highest BCUT2D eigenvalue weighted by atomic mass is 16.2. The van der Waals surface area contributed by atoms with E-state index in [4.69, 9.17) is 0 Å². The Hall–Kier alpha value is -3.68. The second-order valence-electron chi connectivity index (χ2n) is 6.76. The molecule has 0 radical (unpaired) electrons. The molecule has 0 aliphatic rings. The number of pyridine rings is 1. The minimum absolute atomic E-state index is 0.109. The average Bonchev–Trinajstić information content (AvgIpc) is 3.19. The van der Waals surface area contributed by atoms with Crippen LogP contribution in [0, 0.1) is 0 Å². The first kappa shape index (κ1) is 20.1. The monoisotopic (exact) mass is 392 g/mol. The molecule has 8 nitrogen and oxygen atoms in total. The summed E-state index contributed by atoms with van der Waals surface area (Å²) in [7, 11) is 3.56. The Labute approximate surface area is 169 Å². The van der Waals surface area contributed by atoms with Gasteiger partial charge in [0.2, 0.25) is 0 Å². The van der Waals surface area contributed by atoms with Crippen LogP contribution in [-0.2, 0) is 13.6 Å². The van der Waals surface area contributed by atoms with Crippen molar-refractivity contribution < 1.29 is 9.59 Å². The first-order chi connectivity index (χ1) is 13.9. The summed E-state index contributed by atoms with van der Waals surface area (Å²) in [5.74, 6) is -0.109. The molecular formula is C21H24N6O2. The average molecular weight is 392 g/mol. The molecule has 0 aliphatic heterocycles. The highest BCUT2D eigenvalue weighted by Gasteiger charge is 2.14. The highest BCUT2D eigenvalue weighted by molar-refractivity contribution is 6.05. The van der Waals surface area contributed by atoms with Crippen LogP contribution in [0.2, 0.25) is 0 Å². The van der Waals surface area contributed by atoms with Crippen LogP contribution in [0.5, 0.6) is 0 Å². The molecular weight excluding hydrogens is 368 g/mol. The Bertz CT molecular complexity index is 968. The van der Waals surface area contributed by atoms with Crippen molar-refractivity contribution in [3.63, 3.8) is 0 Å². The van der Waals surface area contributed by atoms with Crippen molar-refractivity contribution in [3.8, 4) is 0 Å². The van der Waals surface area contributed by atoms with E-state index in [9.17, 15) is 9.59 Å². The third-order valence-corrected chi connectivity index (χ3v) is 4.58. The molecule has 0 bridgehead atoms. The number of urea groups is 1. The first-order valence-electron chi connectivity index (χ1n) is 9.24. The molecule has 1 atom stereocenters. The van der Waals surface area contributed by atoms with E-state index in [0.717, 1.165) is 16.8 Å². The molecule has 0 aliphatic carbocycles. The van der Waals surface area contributed by atoms with Gasteiger partial charge < -0.3 is 15.5 Å². The maximum Gasteiger partial charge on any atom is 0.315 e. The summed E-state index contributed by atoms with van der Waals surface area (Å²) in [6.45, 7) is 2.29. The summed E-state index contributed by atoms with van der Waals surface area (Å²) in [5, 5.41) is 9.83. The summed E-state index contributed by atoms with van der Waals surface area (Å²) in [6.07, 6.45) is 6.78. The number of nitrogens with zero attached hydrogens (tertiary/aromatic N) is 4. The molecule has 3 aromatic rings. The van der Waals surface area contributed by atoms with E-state index in [0.29, 0.717) is 12.1 Å². The molecule has 2 heterocycles. The maximum absolute atomic E-state index is 12.5. The topological polar surface area (TPSA) is 92.2 Å². The van der Waals surface area contributed by atoms with Gasteiger partial charge in [-0.1, -0.05) is 12.1 Å². The van der Waals surface area contributed by atoms with E-state index < -0.39 is 0 Å². The van der Waals surface area contributed by atoms with Gasteiger partial charge in [0.1, 0.15) is 0 Å². The van der Waals surface area contributed by atoms with Crippen molar-refractivity contribution in [2.24, 2.45) is 7.05 Å². The summed E-state index contributed by atoms with van der Waals surface area (Å²) in [5.41, 5.74) is 3.22. The van der Waals surface area contributed by atoms with Crippen molar-refractivity contribution in [2.75, 3.05) is 11.9 Å². The number of carbonyl (C=O) groups is 2. The van der Waals surface area contributed by atoms with Gasteiger partial charge in [0.05, 0.1) is 12.2 Å². The summed E-state index contributed by atoms with van der Waals surface area (Å²) < 4.78 is 1.70. The van der Waals surface area contributed by atoms with Crippen LogP contribution in [0.4, 0.5) is 10.5 Å². The van der Waals surface area contributed by atoms with Crippen LogP contribution in [0.1, 0.15) is 34.5 Å². The van der Waals surface area contributed by atoms with E-state index >= 15 is 0 Å². The predicted octanol–water partition coefficient (Wildman–Crippen LogP) is 2.65. The van der Waals surface area contributed by atoms with Crippen LogP contribution in [0.25, 0.3) is 0 Å². The Morgan fingerprint density at radius 2 is 1.83 bits per heavy atom. The molecule has 150 valence electrons. The van der Waals surface area contributed by atoms with E-state index in [2.05, 4.69) is 20.7 Å². The number of aromatic nitrogens is 3. The van der Waals surface area contributed by atoms with E-state index in [1.165, 1.54) is 0 Å². The molecule has 0 saturated carbocycles. The quantitative estimate of drug-likeness (QED) is 0.675. The second kappa shape index (κ2) is 9.01. The van der Waals surface area contributed by atoms with Crippen molar-refractivity contribution in [3.05, 3.63) is 77.9 Å². The molecule has 8 heteroatoms. The second-order valence-corrected chi connectivity index (χ2v) is 6.76. The Morgan fingerprint density at radius 3 is 2.45 bits per heavy atom. The predicted molar refractivity (Wildman–Crippen MR) is 110 cm³/mol. The molecule has 3 rings (SSSR count). The van der Waals surface area contributed by atoms with Gasteiger partial charge in [0.25, 0.3) is 5.91 Å². The Kier molecular flexibility index (Phi) is 6.23. The molecule has 1 unspecified atom stereocenters. The number of rotatable bonds is 6.